The minimum absolute atomic E-state index is 1.15. The van der Waals surface area contributed by atoms with E-state index >= 15 is 0 Å². The van der Waals surface area contributed by atoms with Crippen molar-refractivity contribution in [3.63, 3.8) is 0 Å². The topological polar surface area (TPSA) is 0 Å². The highest BCUT2D eigenvalue weighted by molar-refractivity contribution is 5.99. The molecule has 0 heterocycles. The molecule has 0 amide bonds. The molecule has 21 heavy (non-hydrogen) atoms. The van der Waals surface area contributed by atoms with Crippen LogP contribution in [0.2, 0.25) is 0 Å². The fourth-order valence-corrected chi connectivity index (χ4v) is 2.77. The van der Waals surface area contributed by atoms with Gasteiger partial charge in [0.25, 0.3) is 0 Å². The molecule has 0 aliphatic carbocycles. The first-order valence-corrected chi connectivity index (χ1v) is 7.21. The number of aryl methyl sites for hydroxylation is 1. The van der Waals surface area contributed by atoms with Gasteiger partial charge < -0.3 is 0 Å². The van der Waals surface area contributed by atoms with Crippen LogP contribution < -0.4 is 0 Å². The van der Waals surface area contributed by atoms with Crippen molar-refractivity contribution in [3.05, 3.63) is 84.4 Å². The zero-order valence-corrected chi connectivity index (χ0v) is 11.9. The predicted molar refractivity (Wildman–Crippen MR) is 90.5 cm³/mol. The number of fused-ring (bicyclic) bond motifs is 2. The van der Waals surface area contributed by atoms with Crippen LogP contribution in [0, 0.1) is 13.0 Å². The summed E-state index contributed by atoms with van der Waals surface area (Å²) in [5.41, 5.74) is 3.65. The second-order valence-electron chi connectivity index (χ2n) is 5.52. The third kappa shape index (κ3) is 2.19. The van der Waals surface area contributed by atoms with Crippen molar-refractivity contribution in [2.75, 3.05) is 0 Å². The molecule has 0 heteroatoms. The molecule has 0 atom stereocenters. The molecule has 0 saturated heterocycles. The second kappa shape index (κ2) is 4.75. The second-order valence-corrected chi connectivity index (χ2v) is 5.52. The Morgan fingerprint density at radius 2 is 1.38 bits per heavy atom. The van der Waals surface area contributed by atoms with E-state index in [0.29, 0.717) is 0 Å². The number of rotatable bonds is 1. The molecule has 0 saturated carbocycles. The Morgan fingerprint density at radius 3 is 2.14 bits per heavy atom. The van der Waals surface area contributed by atoms with E-state index in [0.717, 1.165) is 5.56 Å². The van der Waals surface area contributed by atoms with Gasteiger partial charge in [-0.3, -0.25) is 0 Å². The number of hydrogen-bond donors (Lipinski definition) is 0. The predicted octanol–water partition coefficient (Wildman–Crippen LogP) is 5.77. The van der Waals surface area contributed by atoms with Gasteiger partial charge in [-0.2, -0.15) is 0 Å². The quantitative estimate of drug-likeness (QED) is 0.384. The van der Waals surface area contributed by atoms with E-state index in [4.69, 9.17) is 0 Å². The van der Waals surface area contributed by atoms with Crippen LogP contribution in [0.1, 0.15) is 5.56 Å². The minimum atomic E-state index is 1.15. The highest BCUT2D eigenvalue weighted by atomic mass is 14.1. The Balaban J connectivity index is 1.92. The molecule has 0 bridgehead atoms. The summed E-state index contributed by atoms with van der Waals surface area (Å²) in [6, 6.07) is 29.4. The van der Waals surface area contributed by atoms with E-state index in [1.807, 2.05) is 0 Å². The Bertz CT molecular complexity index is 931. The first-order chi connectivity index (χ1) is 10.3. The molecule has 0 aliphatic heterocycles. The Hall–Kier alpha value is -2.60. The van der Waals surface area contributed by atoms with Crippen LogP contribution in [0.25, 0.3) is 32.7 Å². The van der Waals surface area contributed by atoms with Gasteiger partial charge in [-0.05, 0) is 57.8 Å². The van der Waals surface area contributed by atoms with E-state index < -0.39 is 0 Å². The molecule has 4 aromatic carbocycles. The first kappa shape index (κ1) is 12.2. The summed E-state index contributed by atoms with van der Waals surface area (Å²) < 4.78 is 0. The van der Waals surface area contributed by atoms with Crippen LogP contribution >= 0.6 is 0 Å². The highest BCUT2D eigenvalue weighted by Gasteiger charge is 2.02. The van der Waals surface area contributed by atoms with Crippen LogP contribution in [0.3, 0.4) is 0 Å². The molecule has 0 unspecified atom stereocenters. The van der Waals surface area contributed by atoms with Crippen LogP contribution in [0.5, 0.6) is 0 Å². The van der Waals surface area contributed by atoms with Crippen molar-refractivity contribution in [3.8, 4) is 11.1 Å². The van der Waals surface area contributed by atoms with Crippen LogP contribution in [0.15, 0.2) is 72.8 Å². The standard InChI is InChI=1S/C21H15/c1-15-6-8-16(9-7-15)19-10-11-20-12-17-4-2-3-5-18(17)13-21(20)14-19/h2-13H,1H3. The Labute approximate surface area is 124 Å². The Morgan fingerprint density at radius 1 is 0.667 bits per heavy atom. The molecule has 4 rings (SSSR count). The molecule has 1 radical (unpaired) electrons. The van der Waals surface area contributed by atoms with Gasteiger partial charge in [-0.15, -0.1) is 0 Å². The maximum atomic E-state index is 3.55. The zero-order valence-electron chi connectivity index (χ0n) is 11.9. The largest absolute Gasteiger partial charge is 0.0616 e. The monoisotopic (exact) mass is 267 g/mol. The third-order valence-electron chi connectivity index (χ3n) is 3.98. The third-order valence-corrected chi connectivity index (χ3v) is 3.98. The van der Waals surface area contributed by atoms with Gasteiger partial charge in [0.2, 0.25) is 0 Å². The van der Waals surface area contributed by atoms with Crippen molar-refractivity contribution < 1.29 is 0 Å². The Kier molecular flexibility index (Phi) is 2.75. The minimum Gasteiger partial charge on any atom is -0.0616 e. The van der Waals surface area contributed by atoms with Gasteiger partial charge in [-0.1, -0.05) is 66.2 Å². The van der Waals surface area contributed by atoms with Crippen molar-refractivity contribution in [2.24, 2.45) is 0 Å². The molecular formula is C21H15. The molecule has 0 nitrogen and oxygen atoms in total. The molecule has 0 spiro atoms. The smallest absolute Gasteiger partial charge is 0.00141 e. The summed E-state index contributed by atoms with van der Waals surface area (Å²) in [4.78, 5) is 0. The van der Waals surface area contributed by atoms with Gasteiger partial charge in [-0.25, -0.2) is 0 Å². The van der Waals surface area contributed by atoms with Crippen LogP contribution in [-0.2, 0) is 0 Å². The number of hydrogen-bond acceptors (Lipinski definition) is 0. The lowest BCUT2D eigenvalue weighted by atomic mass is 9.98. The van der Waals surface area contributed by atoms with E-state index in [9.17, 15) is 0 Å². The lowest BCUT2D eigenvalue weighted by Crippen LogP contribution is -1.81. The molecule has 99 valence electrons. The average molecular weight is 267 g/mol. The summed E-state index contributed by atoms with van der Waals surface area (Å²) >= 11 is 0. The van der Waals surface area contributed by atoms with E-state index in [1.54, 1.807) is 0 Å². The summed E-state index contributed by atoms with van der Waals surface area (Å²) in [6.45, 7) is 2.11. The van der Waals surface area contributed by atoms with E-state index in [-0.39, 0.29) is 0 Å². The van der Waals surface area contributed by atoms with E-state index in [2.05, 4.69) is 85.8 Å². The molecule has 4 aromatic rings. The van der Waals surface area contributed by atoms with Crippen LogP contribution in [0.4, 0.5) is 0 Å². The van der Waals surface area contributed by atoms with Crippen molar-refractivity contribution in [1.29, 1.82) is 0 Å². The van der Waals surface area contributed by atoms with Crippen molar-refractivity contribution >= 4 is 21.5 Å². The molecule has 0 N–H and O–H groups in total. The summed E-state index contributed by atoms with van der Waals surface area (Å²) in [6.07, 6.45) is 0. The fourth-order valence-electron chi connectivity index (χ4n) is 2.77. The number of benzene rings is 4. The molecule has 0 aromatic heterocycles. The highest BCUT2D eigenvalue weighted by Crippen LogP contribution is 2.27. The average Bonchev–Trinajstić information content (AvgIpc) is 2.53. The van der Waals surface area contributed by atoms with Crippen molar-refractivity contribution in [1.82, 2.24) is 0 Å². The summed E-state index contributed by atoms with van der Waals surface area (Å²) in [5.74, 6) is 0. The first-order valence-electron chi connectivity index (χ1n) is 7.21. The lowest BCUT2D eigenvalue weighted by Gasteiger charge is -2.06. The van der Waals surface area contributed by atoms with Gasteiger partial charge in [0.1, 0.15) is 0 Å². The maximum Gasteiger partial charge on any atom is -0.00141 e. The summed E-state index contributed by atoms with van der Waals surface area (Å²) in [7, 11) is 0. The summed E-state index contributed by atoms with van der Waals surface area (Å²) in [5, 5.41) is 4.96. The SMILES string of the molecule is Cc1ccc(-c2[c]c3cc4ccccc4cc3cc2)cc1. The fraction of sp³-hybridized carbons (Fsp3) is 0.0476. The normalized spacial score (nSPS) is 11.1. The lowest BCUT2D eigenvalue weighted by molar-refractivity contribution is 1.47. The maximum absolute atomic E-state index is 3.55. The van der Waals surface area contributed by atoms with Gasteiger partial charge >= 0.3 is 0 Å². The van der Waals surface area contributed by atoms with Gasteiger partial charge in [0.15, 0.2) is 0 Å². The van der Waals surface area contributed by atoms with Crippen molar-refractivity contribution in [2.45, 2.75) is 6.92 Å². The van der Waals surface area contributed by atoms with E-state index in [1.165, 1.54) is 32.7 Å². The van der Waals surface area contributed by atoms with Gasteiger partial charge in [0.05, 0.1) is 0 Å². The molecular weight excluding hydrogens is 252 g/mol. The molecule has 0 fully saturated rings. The zero-order chi connectivity index (χ0) is 14.2. The molecule has 0 aliphatic rings. The van der Waals surface area contributed by atoms with Gasteiger partial charge in [0, 0.05) is 0 Å². The van der Waals surface area contributed by atoms with Crippen LogP contribution in [-0.4, -0.2) is 0 Å².